The molecule has 1 N–H and O–H groups in total. The van der Waals surface area contributed by atoms with Gasteiger partial charge < -0.3 is 14.5 Å². The standard InChI is InChI=1S/C23H28ClN3O4S/c24-21-16-20(32(29,30)25-18-6-4-5-7-18)10-11-22(21)31-17-23(28)27-14-12-26(13-15-27)19-8-2-1-3-9-19/h1-3,8-11,16,18,25H,4-7,12-15,17H2. The molecule has 2 fully saturated rings. The summed E-state index contributed by atoms with van der Waals surface area (Å²) in [6.45, 7) is 2.62. The maximum Gasteiger partial charge on any atom is 0.260 e. The minimum absolute atomic E-state index is 0.0188. The van der Waals surface area contributed by atoms with E-state index in [4.69, 9.17) is 16.3 Å². The number of carbonyl (C=O) groups is 1. The smallest absolute Gasteiger partial charge is 0.260 e. The second kappa shape index (κ2) is 10.1. The molecule has 0 radical (unpaired) electrons. The number of para-hydroxylation sites is 1. The van der Waals surface area contributed by atoms with E-state index < -0.39 is 10.0 Å². The lowest BCUT2D eigenvalue weighted by molar-refractivity contribution is -0.133. The molecule has 0 bridgehead atoms. The van der Waals surface area contributed by atoms with Crippen LogP contribution in [0.3, 0.4) is 0 Å². The van der Waals surface area contributed by atoms with Crippen molar-refractivity contribution in [2.24, 2.45) is 0 Å². The van der Waals surface area contributed by atoms with Gasteiger partial charge in [0.2, 0.25) is 10.0 Å². The highest BCUT2D eigenvalue weighted by molar-refractivity contribution is 7.89. The van der Waals surface area contributed by atoms with Crippen LogP contribution in [-0.4, -0.2) is 58.1 Å². The van der Waals surface area contributed by atoms with E-state index in [2.05, 4.69) is 21.8 Å². The van der Waals surface area contributed by atoms with E-state index in [1.54, 1.807) is 4.90 Å². The number of hydrogen-bond donors (Lipinski definition) is 1. The van der Waals surface area contributed by atoms with Crippen LogP contribution >= 0.6 is 11.6 Å². The van der Waals surface area contributed by atoms with E-state index in [0.717, 1.165) is 44.5 Å². The average Bonchev–Trinajstić information content (AvgIpc) is 3.31. The summed E-state index contributed by atoms with van der Waals surface area (Å²) in [4.78, 5) is 16.7. The van der Waals surface area contributed by atoms with Gasteiger partial charge in [0.15, 0.2) is 6.61 Å². The Kier molecular flexibility index (Phi) is 7.23. The molecule has 1 saturated carbocycles. The predicted molar refractivity (Wildman–Crippen MR) is 125 cm³/mol. The van der Waals surface area contributed by atoms with Gasteiger partial charge in [0.25, 0.3) is 5.91 Å². The monoisotopic (exact) mass is 477 g/mol. The number of benzene rings is 2. The van der Waals surface area contributed by atoms with Crippen molar-refractivity contribution in [1.82, 2.24) is 9.62 Å². The first-order valence-corrected chi connectivity index (χ1v) is 12.8. The van der Waals surface area contributed by atoms with E-state index in [9.17, 15) is 13.2 Å². The van der Waals surface area contributed by atoms with Gasteiger partial charge in [-0.3, -0.25) is 4.79 Å². The maximum atomic E-state index is 12.6. The van der Waals surface area contributed by atoms with E-state index in [0.29, 0.717) is 18.8 Å². The molecule has 0 spiro atoms. The molecule has 1 aliphatic heterocycles. The Bertz CT molecular complexity index is 1030. The minimum Gasteiger partial charge on any atom is -0.482 e. The van der Waals surface area contributed by atoms with Gasteiger partial charge in [-0.1, -0.05) is 42.6 Å². The first-order valence-electron chi connectivity index (χ1n) is 10.9. The van der Waals surface area contributed by atoms with Crippen molar-refractivity contribution in [3.8, 4) is 5.75 Å². The second-order valence-electron chi connectivity index (χ2n) is 8.19. The van der Waals surface area contributed by atoms with Crippen LogP contribution in [0.2, 0.25) is 5.02 Å². The summed E-state index contributed by atoms with van der Waals surface area (Å²) >= 11 is 6.26. The van der Waals surface area contributed by atoms with Crippen LogP contribution in [0.5, 0.6) is 5.75 Å². The van der Waals surface area contributed by atoms with Crippen molar-refractivity contribution in [3.05, 3.63) is 53.6 Å². The fraction of sp³-hybridized carbons (Fsp3) is 0.435. The number of nitrogens with one attached hydrogen (secondary N) is 1. The normalized spacial score (nSPS) is 17.5. The molecule has 1 saturated heterocycles. The van der Waals surface area contributed by atoms with Crippen LogP contribution < -0.4 is 14.4 Å². The zero-order valence-electron chi connectivity index (χ0n) is 17.9. The molecule has 1 heterocycles. The Morgan fingerprint density at radius 1 is 1.03 bits per heavy atom. The van der Waals surface area contributed by atoms with Gasteiger partial charge in [-0.05, 0) is 43.2 Å². The second-order valence-corrected chi connectivity index (χ2v) is 10.3. The molecule has 7 nitrogen and oxygen atoms in total. The number of sulfonamides is 1. The Morgan fingerprint density at radius 3 is 2.38 bits per heavy atom. The highest BCUT2D eigenvalue weighted by Gasteiger charge is 2.24. The van der Waals surface area contributed by atoms with Gasteiger partial charge >= 0.3 is 0 Å². The Balaban J connectivity index is 1.29. The molecular weight excluding hydrogens is 450 g/mol. The van der Waals surface area contributed by atoms with Gasteiger partial charge in [0, 0.05) is 37.9 Å². The largest absolute Gasteiger partial charge is 0.482 e. The van der Waals surface area contributed by atoms with Gasteiger partial charge in [0.1, 0.15) is 5.75 Å². The molecule has 0 atom stereocenters. The van der Waals surface area contributed by atoms with Gasteiger partial charge in [-0.25, -0.2) is 13.1 Å². The number of piperazine rings is 1. The predicted octanol–water partition coefficient (Wildman–Crippen LogP) is 3.29. The zero-order valence-corrected chi connectivity index (χ0v) is 19.4. The van der Waals surface area contributed by atoms with E-state index in [1.165, 1.54) is 18.2 Å². The highest BCUT2D eigenvalue weighted by Crippen LogP contribution is 2.28. The molecule has 2 aromatic carbocycles. The SMILES string of the molecule is O=C(COc1ccc(S(=O)(=O)NC2CCCC2)cc1Cl)N1CCN(c2ccccc2)CC1. The third-order valence-electron chi connectivity index (χ3n) is 6.00. The third-order valence-corrected chi connectivity index (χ3v) is 7.81. The van der Waals surface area contributed by atoms with Crippen molar-refractivity contribution >= 4 is 33.2 Å². The maximum absolute atomic E-state index is 12.6. The molecule has 0 aromatic heterocycles. The van der Waals surface area contributed by atoms with E-state index >= 15 is 0 Å². The van der Waals surface area contributed by atoms with Crippen molar-refractivity contribution in [1.29, 1.82) is 0 Å². The van der Waals surface area contributed by atoms with Crippen molar-refractivity contribution in [2.45, 2.75) is 36.6 Å². The first kappa shape index (κ1) is 22.9. The summed E-state index contributed by atoms with van der Waals surface area (Å²) < 4.78 is 33.5. The van der Waals surface area contributed by atoms with Crippen molar-refractivity contribution in [2.75, 3.05) is 37.7 Å². The highest BCUT2D eigenvalue weighted by atomic mass is 35.5. The quantitative estimate of drug-likeness (QED) is 0.662. The molecule has 2 aromatic rings. The van der Waals surface area contributed by atoms with Crippen LogP contribution in [0.25, 0.3) is 0 Å². The number of amides is 1. The summed E-state index contributed by atoms with van der Waals surface area (Å²) in [6.07, 6.45) is 3.79. The number of anilines is 1. The molecule has 0 unspecified atom stereocenters. The third kappa shape index (κ3) is 5.54. The number of rotatable bonds is 7. The topological polar surface area (TPSA) is 78.9 Å². The summed E-state index contributed by atoms with van der Waals surface area (Å²) in [7, 11) is -3.63. The van der Waals surface area contributed by atoms with Crippen LogP contribution in [0.1, 0.15) is 25.7 Å². The summed E-state index contributed by atoms with van der Waals surface area (Å²) in [5.41, 5.74) is 1.15. The fourth-order valence-electron chi connectivity index (χ4n) is 4.18. The summed E-state index contributed by atoms with van der Waals surface area (Å²) in [6, 6.07) is 14.4. The molecule has 32 heavy (non-hydrogen) atoms. The molecule has 4 rings (SSSR count). The fourth-order valence-corrected chi connectivity index (χ4v) is 5.81. The number of ether oxygens (including phenoxy) is 1. The van der Waals surface area contributed by atoms with Crippen LogP contribution in [-0.2, 0) is 14.8 Å². The lowest BCUT2D eigenvalue weighted by Crippen LogP contribution is -2.50. The zero-order chi connectivity index (χ0) is 22.6. The van der Waals surface area contributed by atoms with Gasteiger partial charge in [-0.15, -0.1) is 0 Å². The average molecular weight is 478 g/mol. The van der Waals surface area contributed by atoms with Crippen molar-refractivity contribution < 1.29 is 17.9 Å². The van der Waals surface area contributed by atoms with Gasteiger partial charge in [0.05, 0.1) is 9.92 Å². The first-order chi connectivity index (χ1) is 15.4. The van der Waals surface area contributed by atoms with Crippen LogP contribution in [0.15, 0.2) is 53.4 Å². The molecule has 2 aliphatic rings. The molecule has 9 heteroatoms. The van der Waals surface area contributed by atoms with Crippen molar-refractivity contribution in [3.63, 3.8) is 0 Å². The lowest BCUT2D eigenvalue weighted by atomic mass is 10.2. The number of carbonyl (C=O) groups excluding carboxylic acids is 1. The summed E-state index contributed by atoms with van der Waals surface area (Å²) in [5, 5.41) is 0.168. The van der Waals surface area contributed by atoms with E-state index in [1.807, 2.05) is 18.2 Å². The van der Waals surface area contributed by atoms with Gasteiger partial charge in [-0.2, -0.15) is 0 Å². The number of halogens is 1. The minimum atomic E-state index is -3.63. The molecule has 172 valence electrons. The van der Waals surface area contributed by atoms with Crippen LogP contribution in [0.4, 0.5) is 5.69 Å². The Morgan fingerprint density at radius 2 is 1.72 bits per heavy atom. The molecular formula is C23H28ClN3O4S. The molecule has 1 aliphatic carbocycles. The Hall–Kier alpha value is -2.29. The lowest BCUT2D eigenvalue weighted by Gasteiger charge is -2.36. The number of nitrogens with zero attached hydrogens (tertiary/aromatic N) is 2. The molecule has 1 amide bonds. The van der Waals surface area contributed by atoms with E-state index in [-0.39, 0.29) is 28.5 Å². The number of hydrogen-bond acceptors (Lipinski definition) is 5. The summed E-state index contributed by atoms with van der Waals surface area (Å²) in [5.74, 6) is 0.177. The Labute approximate surface area is 194 Å². The van der Waals surface area contributed by atoms with Crippen LogP contribution in [0, 0.1) is 0 Å².